The Bertz CT molecular complexity index is 7130. The van der Waals surface area contributed by atoms with Gasteiger partial charge in [0.05, 0.1) is 27.9 Å². The zero-order valence-corrected chi connectivity index (χ0v) is 63.1. The molecule has 0 atom stereocenters. The summed E-state index contributed by atoms with van der Waals surface area (Å²) in [7, 11) is 0. The minimum Gasteiger partial charge on any atom is -0.457 e. The van der Waals surface area contributed by atoms with Crippen LogP contribution in [0.1, 0.15) is 99.9 Å². The predicted octanol–water partition coefficient (Wildman–Crippen LogP) is 24.5. The van der Waals surface area contributed by atoms with Crippen molar-refractivity contribution in [3.8, 4) is 68.0 Å². The molecule has 111 heavy (non-hydrogen) atoms. The Morgan fingerprint density at radius 2 is 0.694 bits per heavy atom. The van der Waals surface area contributed by atoms with Crippen LogP contribution in [0.25, 0.3) is 164 Å². The molecule has 8 nitrogen and oxygen atoms in total. The molecule has 19 aromatic rings. The van der Waals surface area contributed by atoms with Crippen LogP contribution in [0.5, 0.6) is 23.0 Å². The molecule has 0 amide bonds. The normalized spacial score (nSPS) is 15.2. The Morgan fingerprint density at radius 1 is 0.306 bits per heavy atom. The highest BCUT2D eigenvalue weighted by atomic mass is 16.7. The number of benzene rings is 15. The summed E-state index contributed by atoms with van der Waals surface area (Å²) in [4.78, 5) is 10.4. The number of nitrogens with zero attached hydrogens (tertiary/aromatic N) is 4. The lowest BCUT2D eigenvalue weighted by Crippen LogP contribution is -2.42. The number of hydrogen-bond donors (Lipinski definition) is 0. The van der Waals surface area contributed by atoms with Crippen molar-refractivity contribution in [1.82, 2.24) is 9.97 Å². The zero-order chi connectivity index (χ0) is 74.3. The van der Waals surface area contributed by atoms with Gasteiger partial charge < -0.3 is 18.9 Å². The number of ether oxygens (including phenoxy) is 4. The molecule has 0 saturated carbocycles. The fourth-order valence-electron chi connectivity index (χ4n) is 21.1. The fraction of sp³-hybridized carbons (Fsp3) is 0.146. The number of pyridine rings is 4. The molecule has 0 bridgehead atoms. The third kappa shape index (κ3) is 8.87. The van der Waals surface area contributed by atoms with E-state index in [-0.39, 0.29) is 28.5 Å². The van der Waals surface area contributed by atoms with E-state index in [1.165, 1.54) is 164 Å². The molecule has 2 aliphatic heterocycles. The standard InChI is InChI=1S/C53H38N2O2.C27H20NO.C23H18NO/c1-52(2)46-38-19-11-9-17-34(38)25-42(44(46)50-48(52)40-23-32-15-7-5-13-30(32)21-36(40)27-54-50)56-29-57-43-26-35-18-10-12-20-39(35)47-45(43)51-49(53(47,3)4)41-24-33-16-8-6-14-31(33)22-37(41)28-55-51;1-27(2)21-14-20-18-9-5-3-7-16(18)11-12-22(20)28-15-29-23-13-17-8-4-6-10-19(17)25(27)24(23)26(21)28;1-23(2)20-16-9-5-3-7-14(16)11-18-19(20)22-21(23)17-10-6-4-8-15(17)12-24(22)13-25-18/h5-28H,29H2,1-4H3;3-14H,15H2,1-2H3;3-12H,13H2,1-2H3/q;2*+1. The van der Waals surface area contributed by atoms with Crippen LogP contribution in [0.2, 0.25) is 0 Å². The third-order valence-corrected chi connectivity index (χ3v) is 25.8. The number of rotatable bonds is 4. The molecule has 4 aliphatic carbocycles. The monoisotopic (exact) mass is 1430 g/mol. The van der Waals surface area contributed by atoms with E-state index in [2.05, 4.69) is 332 Å². The smallest absolute Gasteiger partial charge is 0.293 e. The molecule has 6 heterocycles. The first-order valence-corrected chi connectivity index (χ1v) is 38.8. The molecule has 0 radical (unpaired) electrons. The van der Waals surface area contributed by atoms with E-state index in [1.807, 2.05) is 12.4 Å². The first kappa shape index (κ1) is 64.0. The lowest BCUT2D eigenvalue weighted by atomic mass is 9.78. The van der Waals surface area contributed by atoms with Crippen molar-refractivity contribution in [2.75, 3.05) is 6.79 Å². The van der Waals surface area contributed by atoms with Gasteiger partial charge in [-0.3, -0.25) is 9.97 Å². The average Bonchev–Trinajstić information content (AvgIpc) is 1.52. The second-order valence-electron chi connectivity index (χ2n) is 33.3. The molecule has 0 N–H and O–H groups in total. The van der Waals surface area contributed by atoms with E-state index < -0.39 is 0 Å². The van der Waals surface area contributed by atoms with Gasteiger partial charge in [0.15, 0.2) is 6.20 Å². The van der Waals surface area contributed by atoms with Gasteiger partial charge in [-0.2, -0.15) is 9.13 Å². The van der Waals surface area contributed by atoms with Gasteiger partial charge in [0.25, 0.3) is 13.5 Å². The highest BCUT2D eigenvalue weighted by molar-refractivity contribution is 6.12. The van der Waals surface area contributed by atoms with Crippen LogP contribution in [0, 0.1) is 0 Å². The summed E-state index contributed by atoms with van der Waals surface area (Å²) in [6.07, 6.45) is 6.29. The predicted molar refractivity (Wildman–Crippen MR) is 452 cm³/mol. The topological polar surface area (TPSA) is 70.5 Å². The average molecular weight is 1430 g/mol. The van der Waals surface area contributed by atoms with E-state index in [0.29, 0.717) is 13.5 Å². The minimum atomic E-state index is -0.326. The molecule has 0 fully saturated rings. The lowest BCUT2D eigenvalue weighted by molar-refractivity contribution is -0.716. The van der Waals surface area contributed by atoms with Gasteiger partial charge in [-0.15, -0.1) is 0 Å². The summed E-state index contributed by atoms with van der Waals surface area (Å²) in [5.41, 5.74) is 20.3. The van der Waals surface area contributed by atoms with E-state index in [0.717, 1.165) is 67.1 Å². The van der Waals surface area contributed by atoms with Gasteiger partial charge in [0.2, 0.25) is 23.7 Å². The van der Waals surface area contributed by atoms with E-state index in [9.17, 15) is 0 Å². The molecule has 15 aromatic carbocycles. The first-order chi connectivity index (χ1) is 54.1. The third-order valence-electron chi connectivity index (χ3n) is 25.8. The van der Waals surface area contributed by atoms with E-state index >= 15 is 0 Å². The van der Waals surface area contributed by atoms with Crippen molar-refractivity contribution >= 4 is 119 Å². The van der Waals surface area contributed by atoms with Crippen LogP contribution in [0.3, 0.4) is 0 Å². The van der Waals surface area contributed by atoms with Crippen molar-refractivity contribution in [2.45, 2.75) is 90.5 Å². The van der Waals surface area contributed by atoms with Crippen LogP contribution < -0.4 is 28.1 Å². The first-order valence-electron chi connectivity index (χ1n) is 38.8. The molecule has 6 aliphatic rings. The summed E-state index contributed by atoms with van der Waals surface area (Å²) in [6.45, 7) is 19.9. The molecular formula is C103H76N4O4+2. The fourth-order valence-corrected chi connectivity index (χ4v) is 21.1. The van der Waals surface area contributed by atoms with Crippen molar-refractivity contribution < 1.29 is 28.1 Å². The van der Waals surface area contributed by atoms with Crippen molar-refractivity contribution in [2.24, 2.45) is 0 Å². The van der Waals surface area contributed by atoms with Crippen molar-refractivity contribution in [3.63, 3.8) is 0 Å². The Kier molecular flexibility index (Phi) is 13.1. The van der Waals surface area contributed by atoms with E-state index in [1.54, 1.807) is 0 Å². The Labute approximate surface area is 642 Å². The SMILES string of the molecule is CC1(C)c2c(ncc3cc4ccccc4cc23)-c2c(OCOc3cc4ccccc4c4c3-c3ncc5cc6ccccc6cc5c3C4(C)C)cc3ccccc3c21.CC1(C)c2c3c(cc4ccccc24)OC[n+]2cc4ccccc4c1c2-3.CC1(C)c2cc3c4ccccc4ccc3[n+]3c2-c2c(cc4ccccc4c21)OC3. The second-order valence-corrected chi connectivity index (χ2v) is 33.3. The van der Waals surface area contributed by atoms with Crippen LogP contribution in [0.4, 0.5) is 0 Å². The van der Waals surface area contributed by atoms with Gasteiger partial charge in [-0.1, -0.05) is 243 Å². The maximum absolute atomic E-state index is 6.84. The summed E-state index contributed by atoms with van der Waals surface area (Å²) in [6, 6.07) is 94.1. The van der Waals surface area contributed by atoms with Gasteiger partial charge in [0, 0.05) is 78.5 Å². The molecule has 0 unspecified atom stereocenters. The Balaban J connectivity index is 0.000000113. The van der Waals surface area contributed by atoms with Crippen LogP contribution in [-0.2, 0) is 35.1 Å². The summed E-state index contributed by atoms with van der Waals surface area (Å²) < 4.78 is 30.9. The maximum Gasteiger partial charge on any atom is 0.293 e. The Morgan fingerprint density at radius 3 is 1.20 bits per heavy atom. The quantitative estimate of drug-likeness (QED) is 0.0757. The molecule has 8 heteroatoms. The molecule has 4 aromatic heterocycles. The molecule has 530 valence electrons. The van der Waals surface area contributed by atoms with Gasteiger partial charge >= 0.3 is 0 Å². The largest absolute Gasteiger partial charge is 0.457 e. The zero-order valence-electron chi connectivity index (χ0n) is 63.1. The van der Waals surface area contributed by atoms with Crippen molar-refractivity contribution in [1.29, 1.82) is 0 Å². The molecule has 0 spiro atoms. The second kappa shape index (κ2) is 22.8. The highest BCUT2D eigenvalue weighted by Crippen LogP contribution is 2.61. The van der Waals surface area contributed by atoms with Crippen molar-refractivity contribution in [3.05, 3.63) is 324 Å². The van der Waals surface area contributed by atoms with Crippen LogP contribution >= 0.6 is 0 Å². The van der Waals surface area contributed by atoms with Gasteiger partial charge in [-0.05, 0) is 192 Å². The maximum atomic E-state index is 6.84. The molecular weight excluding hydrogens is 1360 g/mol. The minimum absolute atomic E-state index is 0.0253. The molecule has 0 saturated heterocycles. The summed E-state index contributed by atoms with van der Waals surface area (Å²) in [5.74, 6) is 3.59. The number of hydrogen-bond acceptors (Lipinski definition) is 6. The van der Waals surface area contributed by atoms with Crippen LogP contribution in [-0.4, -0.2) is 16.8 Å². The molecule has 25 rings (SSSR count). The van der Waals surface area contributed by atoms with Gasteiger partial charge in [-0.25, -0.2) is 0 Å². The summed E-state index contributed by atoms with van der Waals surface area (Å²) in [5, 5.41) is 26.0. The van der Waals surface area contributed by atoms with Gasteiger partial charge in [0.1, 0.15) is 23.0 Å². The lowest BCUT2D eigenvalue weighted by Gasteiger charge is -2.25. The summed E-state index contributed by atoms with van der Waals surface area (Å²) >= 11 is 0. The highest BCUT2D eigenvalue weighted by Gasteiger charge is 2.51. The Hall–Kier alpha value is -13.0. The van der Waals surface area contributed by atoms with Crippen LogP contribution in [0.15, 0.2) is 279 Å². The number of aromatic nitrogens is 4. The number of fused-ring (bicyclic) bond motifs is 26. The van der Waals surface area contributed by atoms with E-state index in [4.69, 9.17) is 28.9 Å².